The highest BCUT2D eigenvalue weighted by atomic mass is 16.4. The SMILES string of the molecule is Cn1ncnc1CN(CCCC(=O)O)c1ccccc1. The second-order valence-corrected chi connectivity index (χ2v) is 4.55. The number of aliphatic carboxylic acids is 1. The molecule has 1 aromatic heterocycles. The molecule has 20 heavy (non-hydrogen) atoms. The molecule has 0 spiro atoms. The van der Waals surface area contributed by atoms with Gasteiger partial charge in [-0.25, -0.2) is 4.98 Å². The number of hydrogen-bond acceptors (Lipinski definition) is 4. The van der Waals surface area contributed by atoms with Crippen LogP contribution < -0.4 is 4.90 Å². The fraction of sp³-hybridized carbons (Fsp3) is 0.357. The van der Waals surface area contributed by atoms with E-state index in [9.17, 15) is 4.79 Å². The van der Waals surface area contributed by atoms with Crippen LogP contribution in [0, 0.1) is 0 Å². The van der Waals surface area contributed by atoms with Gasteiger partial charge in [-0.3, -0.25) is 9.48 Å². The van der Waals surface area contributed by atoms with Crippen LogP contribution in [0.5, 0.6) is 0 Å². The minimum atomic E-state index is -0.767. The molecule has 2 rings (SSSR count). The van der Waals surface area contributed by atoms with E-state index in [1.807, 2.05) is 37.4 Å². The first-order valence-electron chi connectivity index (χ1n) is 6.51. The van der Waals surface area contributed by atoms with Gasteiger partial charge < -0.3 is 10.0 Å². The summed E-state index contributed by atoms with van der Waals surface area (Å²) in [5.74, 6) is 0.0841. The van der Waals surface area contributed by atoms with Gasteiger partial charge in [0, 0.05) is 25.7 Å². The first-order valence-corrected chi connectivity index (χ1v) is 6.51. The Labute approximate surface area is 117 Å². The van der Waals surface area contributed by atoms with E-state index in [4.69, 9.17) is 5.11 Å². The van der Waals surface area contributed by atoms with Gasteiger partial charge in [-0.1, -0.05) is 18.2 Å². The molecule has 0 saturated heterocycles. The monoisotopic (exact) mass is 274 g/mol. The molecule has 0 aliphatic heterocycles. The van der Waals surface area contributed by atoms with Gasteiger partial charge in [0.1, 0.15) is 12.2 Å². The molecule has 0 aliphatic rings. The predicted molar refractivity (Wildman–Crippen MR) is 75.4 cm³/mol. The summed E-state index contributed by atoms with van der Waals surface area (Å²) in [5.41, 5.74) is 1.06. The molecule has 1 N–H and O–H groups in total. The molecule has 0 bridgehead atoms. The van der Waals surface area contributed by atoms with Crippen LogP contribution in [-0.4, -0.2) is 32.4 Å². The number of nitrogens with zero attached hydrogens (tertiary/aromatic N) is 4. The number of hydrogen-bond donors (Lipinski definition) is 1. The molecule has 0 amide bonds. The molecule has 0 atom stereocenters. The molecular weight excluding hydrogens is 256 g/mol. The normalized spacial score (nSPS) is 10.4. The number of carboxylic acids is 1. The third-order valence-electron chi connectivity index (χ3n) is 3.08. The number of aromatic nitrogens is 3. The fourth-order valence-electron chi connectivity index (χ4n) is 1.99. The van der Waals surface area contributed by atoms with Crippen molar-refractivity contribution in [3.8, 4) is 0 Å². The van der Waals surface area contributed by atoms with Crippen molar-refractivity contribution in [2.75, 3.05) is 11.4 Å². The third kappa shape index (κ3) is 3.81. The van der Waals surface area contributed by atoms with Crippen LogP contribution in [0.2, 0.25) is 0 Å². The molecule has 0 aliphatic carbocycles. The first-order chi connectivity index (χ1) is 9.66. The summed E-state index contributed by atoms with van der Waals surface area (Å²) in [5, 5.41) is 12.8. The lowest BCUT2D eigenvalue weighted by molar-refractivity contribution is -0.137. The Morgan fingerprint density at radius 3 is 2.70 bits per heavy atom. The van der Waals surface area contributed by atoms with E-state index in [2.05, 4.69) is 15.0 Å². The minimum Gasteiger partial charge on any atom is -0.481 e. The van der Waals surface area contributed by atoms with E-state index >= 15 is 0 Å². The van der Waals surface area contributed by atoms with Crippen LogP contribution in [0.4, 0.5) is 5.69 Å². The zero-order chi connectivity index (χ0) is 14.4. The third-order valence-corrected chi connectivity index (χ3v) is 3.08. The van der Waals surface area contributed by atoms with Crippen molar-refractivity contribution in [1.29, 1.82) is 0 Å². The van der Waals surface area contributed by atoms with Crippen molar-refractivity contribution >= 4 is 11.7 Å². The molecule has 106 valence electrons. The van der Waals surface area contributed by atoms with E-state index in [1.54, 1.807) is 4.68 Å². The lowest BCUT2D eigenvalue weighted by atomic mass is 10.2. The lowest BCUT2D eigenvalue weighted by Crippen LogP contribution is -2.26. The predicted octanol–water partition coefficient (Wildman–Crippen LogP) is 1.69. The number of rotatable bonds is 7. The quantitative estimate of drug-likeness (QED) is 0.832. The van der Waals surface area contributed by atoms with Gasteiger partial charge in [0.15, 0.2) is 0 Å². The van der Waals surface area contributed by atoms with Gasteiger partial charge in [-0.2, -0.15) is 5.10 Å². The fourth-order valence-corrected chi connectivity index (χ4v) is 1.99. The number of anilines is 1. The average Bonchev–Trinajstić information content (AvgIpc) is 2.84. The van der Waals surface area contributed by atoms with Gasteiger partial charge in [-0.05, 0) is 18.6 Å². The maximum Gasteiger partial charge on any atom is 0.303 e. The summed E-state index contributed by atoms with van der Waals surface area (Å²) in [6.07, 6.45) is 2.29. The van der Waals surface area contributed by atoms with Gasteiger partial charge in [0.05, 0.1) is 6.54 Å². The first kappa shape index (κ1) is 14.0. The lowest BCUT2D eigenvalue weighted by Gasteiger charge is -2.24. The van der Waals surface area contributed by atoms with E-state index < -0.39 is 5.97 Å². The van der Waals surface area contributed by atoms with E-state index in [0.29, 0.717) is 19.5 Å². The minimum absolute atomic E-state index is 0.169. The number of benzene rings is 1. The zero-order valence-electron chi connectivity index (χ0n) is 11.4. The smallest absolute Gasteiger partial charge is 0.303 e. The molecule has 6 heteroatoms. The van der Waals surface area contributed by atoms with Gasteiger partial charge in [0.25, 0.3) is 0 Å². The number of aryl methyl sites for hydroxylation is 1. The summed E-state index contributed by atoms with van der Waals surface area (Å²) in [4.78, 5) is 17.0. The van der Waals surface area contributed by atoms with Gasteiger partial charge in [0.2, 0.25) is 0 Å². The highest BCUT2D eigenvalue weighted by Gasteiger charge is 2.11. The summed E-state index contributed by atoms with van der Waals surface area (Å²) in [7, 11) is 1.85. The Kier molecular flexibility index (Phi) is 4.70. The molecule has 6 nitrogen and oxygen atoms in total. The van der Waals surface area contributed by atoms with E-state index in [1.165, 1.54) is 6.33 Å². The van der Waals surface area contributed by atoms with Crippen LogP contribution in [-0.2, 0) is 18.4 Å². The van der Waals surface area contributed by atoms with E-state index in [0.717, 1.165) is 11.5 Å². The highest BCUT2D eigenvalue weighted by Crippen LogP contribution is 2.16. The standard InChI is InChI=1S/C14H18N4O2/c1-17-13(15-11-16-17)10-18(9-5-8-14(19)20)12-6-3-2-4-7-12/h2-4,6-7,11H,5,8-10H2,1H3,(H,19,20). The molecule has 0 radical (unpaired) electrons. The number of carbonyl (C=O) groups is 1. The van der Waals surface area contributed by atoms with Gasteiger partial charge >= 0.3 is 5.97 Å². The van der Waals surface area contributed by atoms with Crippen LogP contribution in [0.25, 0.3) is 0 Å². The molecule has 0 unspecified atom stereocenters. The molecule has 1 heterocycles. The molecule has 0 fully saturated rings. The summed E-state index contributed by atoms with van der Waals surface area (Å²) < 4.78 is 1.73. The van der Waals surface area contributed by atoms with Crippen molar-refractivity contribution in [2.24, 2.45) is 7.05 Å². The maximum atomic E-state index is 10.6. The Hall–Kier alpha value is -2.37. The van der Waals surface area contributed by atoms with Crippen LogP contribution in [0.1, 0.15) is 18.7 Å². The summed E-state index contributed by atoms with van der Waals surface area (Å²) >= 11 is 0. The van der Waals surface area contributed by atoms with Crippen LogP contribution >= 0.6 is 0 Å². The second kappa shape index (κ2) is 6.70. The van der Waals surface area contributed by atoms with E-state index in [-0.39, 0.29) is 6.42 Å². The van der Waals surface area contributed by atoms with Crippen molar-refractivity contribution in [3.63, 3.8) is 0 Å². The summed E-state index contributed by atoms with van der Waals surface area (Å²) in [6.45, 7) is 1.28. The number of carboxylic acid groups (broad SMARTS) is 1. The highest BCUT2D eigenvalue weighted by molar-refractivity contribution is 5.66. The van der Waals surface area contributed by atoms with Crippen molar-refractivity contribution < 1.29 is 9.90 Å². The summed E-state index contributed by atoms with van der Waals surface area (Å²) in [6, 6.07) is 9.92. The van der Waals surface area contributed by atoms with Crippen LogP contribution in [0.3, 0.4) is 0 Å². The Bertz CT molecular complexity index is 553. The molecule has 2 aromatic rings. The maximum absolute atomic E-state index is 10.6. The Morgan fingerprint density at radius 2 is 2.10 bits per heavy atom. The van der Waals surface area contributed by atoms with Crippen LogP contribution in [0.15, 0.2) is 36.7 Å². The van der Waals surface area contributed by atoms with Gasteiger partial charge in [-0.15, -0.1) is 0 Å². The second-order valence-electron chi connectivity index (χ2n) is 4.55. The number of para-hydroxylation sites is 1. The topological polar surface area (TPSA) is 71.2 Å². The van der Waals surface area contributed by atoms with Crippen molar-refractivity contribution in [2.45, 2.75) is 19.4 Å². The van der Waals surface area contributed by atoms with Crippen molar-refractivity contribution in [1.82, 2.24) is 14.8 Å². The largest absolute Gasteiger partial charge is 0.481 e. The van der Waals surface area contributed by atoms with Crippen molar-refractivity contribution in [3.05, 3.63) is 42.5 Å². The Balaban J connectivity index is 2.08. The average molecular weight is 274 g/mol. The Morgan fingerprint density at radius 1 is 1.35 bits per heavy atom. The molecule has 1 aromatic carbocycles. The molecule has 0 saturated carbocycles. The zero-order valence-corrected chi connectivity index (χ0v) is 11.4. The molecular formula is C14H18N4O2.